The largest absolute Gasteiger partial charge is 0.378 e. The molecule has 0 atom stereocenters. The molecule has 2 aromatic heterocycles. The van der Waals surface area contributed by atoms with Crippen LogP contribution in [0.2, 0.25) is 0 Å². The van der Waals surface area contributed by atoms with Crippen LogP contribution < -0.4 is 10.5 Å². The maximum absolute atomic E-state index is 13.3. The Morgan fingerprint density at radius 2 is 1.88 bits per heavy atom. The molecular formula is C24H27N5O3. The molecule has 8 heteroatoms. The summed E-state index contributed by atoms with van der Waals surface area (Å²) in [4.78, 5) is 41.4. The van der Waals surface area contributed by atoms with Gasteiger partial charge in [-0.1, -0.05) is 12.1 Å². The number of H-pyrrole nitrogens is 2. The van der Waals surface area contributed by atoms with Crippen molar-refractivity contribution in [2.75, 3.05) is 44.3 Å². The van der Waals surface area contributed by atoms with Crippen LogP contribution in [-0.4, -0.2) is 65.2 Å². The van der Waals surface area contributed by atoms with Crippen LogP contribution in [0, 0.1) is 0 Å². The molecule has 4 heterocycles. The van der Waals surface area contributed by atoms with Crippen molar-refractivity contribution in [2.45, 2.75) is 31.1 Å². The van der Waals surface area contributed by atoms with Crippen LogP contribution >= 0.6 is 0 Å². The van der Waals surface area contributed by atoms with Gasteiger partial charge in [0.2, 0.25) is 5.95 Å². The number of hydrogen-bond acceptors (Lipinski definition) is 5. The fourth-order valence-electron chi connectivity index (χ4n) is 5.62. The molecular weight excluding hydrogens is 406 g/mol. The molecule has 1 aromatic carbocycles. The highest BCUT2D eigenvalue weighted by molar-refractivity contribution is 6.05. The van der Waals surface area contributed by atoms with Crippen molar-refractivity contribution < 1.29 is 9.53 Å². The number of aromatic amines is 2. The molecule has 8 nitrogen and oxygen atoms in total. The Kier molecular flexibility index (Phi) is 4.57. The topological polar surface area (TPSA) is 94.3 Å². The van der Waals surface area contributed by atoms with Crippen molar-refractivity contribution in [1.29, 1.82) is 0 Å². The number of nitrogens with one attached hydrogen (secondary N) is 2. The highest BCUT2D eigenvalue weighted by Crippen LogP contribution is 2.44. The molecule has 32 heavy (non-hydrogen) atoms. The van der Waals surface area contributed by atoms with Gasteiger partial charge in [-0.2, -0.15) is 0 Å². The Morgan fingerprint density at radius 1 is 1.06 bits per heavy atom. The first-order valence-electron chi connectivity index (χ1n) is 11.5. The Morgan fingerprint density at radius 3 is 2.69 bits per heavy atom. The third-order valence-electron chi connectivity index (χ3n) is 7.49. The molecule has 3 aliphatic rings. The van der Waals surface area contributed by atoms with Crippen molar-refractivity contribution in [3.63, 3.8) is 0 Å². The maximum atomic E-state index is 13.3. The van der Waals surface area contributed by atoms with Crippen molar-refractivity contribution >= 4 is 22.8 Å². The van der Waals surface area contributed by atoms with Gasteiger partial charge < -0.3 is 19.5 Å². The Balaban J connectivity index is 1.25. The SMILES string of the molecule is O=C(c1cccc2cc[nH]c12)N1CCC2(CCc3c2nc(N2CCOCC2)[nH]c3=O)CC1. The fraction of sp³-hybridized carbons (Fsp3) is 0.458. The lowest BCUT2D eigenvalue weighted by Crippen LogP contribution is -2.45. The van der Waals surface area contributed by atoms with Crippen LogP contribution in [0.15, 0.2) is 35.3 Å². The number of amides is 1. The van der Waals surface area contributed by atoms with E-state index in [1.165, 1.54) is 0 Å². The number of nitrogens with zero attached hydrogens (tertiary/aromatic N) is 3. The summed E-state index contributed by atoms with van der Waals surface area (Å²) in [5.41, 5.74) is 3.29. The predicted molar refractivity (Wildman–Crippen MR) is 121 cm³/mol. The van der Waals surface area contributed by atoms with E-state index in [9.17, 15) is 9.59 Å². The number of likely N-dealkylation sites (tertiary alicyclic amines) is 1. The van der Waals surface area contributed by atoms with Crippen molar-refractivity contribution in [3.8, 4) is 0 Å². The standard InChI is InChI=1S/C24H27N5O3/c30-21-18-4-6-24(20(18)26-23(27-21)29-12-14-32-15-13-29)7-10-28(11-8-24)22(31)17-3-1-2-16-5-9-25-19(16)17/h1-3,5,9,25H,4,6-8,10-15H2,(H,26,27,30). The average molecular weight is 434 g/mol. The monoisotopic (exact) mass is 433 g/mol. The van der Waals surface area contributed by atoms with E-state index in [0.717, 1.165) is 66.5 Å². The van der Waals surface area contributed by atoms with E-state index in [2.05, 4.69) is 14.9 Å². The van der Waals surface area contributed by atoms with Crippen LogP contribution in [-0.2, 0) is 16.6 Å². The summed E-state index contributed by atoms with van der Waals surface area (Å²) in [6, 6.07) is 7.83. The Hall–Kier alpha value is -3.13. The molecule has 0 unspecified atom stereocenters. The molecule has 2 saturated heterocycles. The second-order valence-electron chi connectivity index (χ2n) is 9.14. The molecule has 1 aliphatic carbocycles. The second kappa shape index (κ2) is 7.48. The Labute approximate surface area is 185 Å². The summed E-state index contributed by atoms with van der Waals surface area (Å²) in [7, 11) is 0. The highest BCUT2D eigenvalue weighted by Gasteiger charge is 2.45. The quantitative estimate of drug-likeness (QED) is 0.646. The van der Waals surface area contributed by atoms with Gasteiger partial charge in [-0.25, -0.2) is 4.98 Å². The molecule has 1 spiro atoms. The lowest BCUT2D eigenvalue weighted by atomic mass is 9.76. The van der Waals surface area contributed by atoms with E-state index in [1.807, 2.05) is 35.4 Å². The van der Waals surface area contributed by atoms with Gasteiger partial charge >= 0.3 is 0 Å². The lowest BCUT2D eigenvalue weighted by Gasteiger charge is -2.39. The number of anilines is 1. The van der Waals surface area contributed by atoms with Gasteiger partial charge in [-0.05, 0) is 37.8 Å². The summed E-state index contributed by atoms with van der Waals surface area (Å²) in [6.45, 7) is 4.13. The first-order chi connectivity index (χ1) is 15.6. The summed E-state index contributed by atoms with van der Waals surface area (Å²) >= 11 is 0. The maximum Gasteiger partial charge on any atom is 0.255 e. The number of ether oxygens (including phenoxy) is 1. The molecule has 6 rings (SSSR count). The number of fused-ring (bicyclic) bond motifs is 3. The Bertz CT molecular complexity index is 1230. The number of hydrogen-bond donors (Lipinski definition) is 2. The van der Waals surface area contributed by atoms with Crippen LogP contribution in [0.4, 0.5) is 5.95 Å². The minimum Gasteiger partial charge on any atom is -0.378 e. The van der Waals surface area contributed by atoms with Crippen LogP contribution in [0.5, 0.6) is 0 Å². The van der Waals surface area contributed by atoms with Crippen LogP contribution in [0.1, 0.15) is 40.9 Å². The van der Waals surface area contributed by atoms with Gasteiger partial charge in [-0.3, -0.25) is 14.6 Å². The number of piperidine rings is 1. The van der Waals surface area contributed by atoms with Crippen molar-refractivity contribution in [2.24, 2.45) is 0 Å². The van der Waals surface area contributed by atoms with Crippen molar-refractivity contribution in [1.82, 2.24) is 19.9 Å². The number of benzene rings is 1. The van der Waals surface area contributed by atoms with E-state index >= 15 is 0 Å². The molecule has 2 aliphatic heterocycles. The summed E-state index contributed by atoms with van der Waals surface area (Å²) in [5, 5.41) is 1.05. The second-order valence-corrected chi connectivity index (χ2v) is 9.14. The minimum absolute atomic E-state index is 0.00899. The zero-order valence-electron chi connectivity index (χ0n) is 18.0. The normalized spacial score (nSPS) is 20.1. The smallest absolute Gasteiger partial charge is 0.255 e. The first kappa shape index (κ1) is 19.5. The molecule has 0 bridgehead atoms. The molecule has 2 N–H and O–H groups in total. The van der Waals surface area contributed by atoms with Gasteiger partial charge in [0.25, 0.3) is 11.5 Å². The summed E-state index contributed by atoms with van der Waals surface area (Å²) < 4.78 is 5.45. The number of rotatable bonds is 2. The zero-order valence-corrected chi connectivity index (χ0v) is 18.0. The number of carbonyl (C=O) groups is 1. The van der Waals surface area contributed by atoms with Gasteiger partial charge in [0.05, 0.1) is 30.0 Å². The van der Waals surface area contributed by atoms with Crippen LogP contribution in [0.3, 0.4) is 0 Å². The number of carbonyl (C=O) groups excluding carboxylic acids is 1. The van der Waals surface area contributed by atoms with Gasteiger partial charge in [0.15, 0.2) is 0 Å². The molecule has 3 aromatic rings. The average Bonchev–Trinajstić information content (AvgIpc) is 3.45. The zero-order chi connectivity index (χ0) is 21.7. The van der Waals surface area contributed by atoms with Crippen molar-refractivity contribution in [3.05, 3.63) is 57.6 Å². The first-order valence-corrected chi connectivity index (χ1v) is 11.5. The van der Waals surface area contributed by atoms with E-state index in [4.69, 9.17) is 9.72 Å². The van der Waals surface area contributed by atoms with Gasteiger partial charge in [0.1, 0.15) is 0 Å². The molecule has 2 fully saturated rings. The van der Waals surface area contributed by atoms with Crippen LogP contribution in [0.25, 0.3) is 10.9 Å². The molecule has 1 amide bonds. The third kappa shape index (κ3) is 3.04. The highest BCUT2D eigenvalue weighted by atomic mass is 16.5. The molecule has 0 saturated carbocycles. The van der Waals surface area contributed by atoms with E-state index in [0.29, 0.717) is 32.3 Å². The van der Waals surface area contributed by atoms with E-state index < -0.39 is 0 Å². The minimum atomic E-state index is -0.111. The molecule has 0 radical (unpaired) electrons. The number of morpholine rings is 1. The lowest BCUT2D eigenvalue weighted by molar-refractivity contribution is 0.0665. The summed E-state index contributed by atoms with van der Waals surface area (Å²) in [5.74, 6) is 0.731. The van der Waals surface area contributed by atoms with E-state index in [-0.39, 0.29) is 16.9 Å². The summed E-state index contributed by atoms with van der Waals surface area (Å²) in [6.07, 6.45) is 5.24. The van der Waals surface area contributed by atoms with Gasteiger partial charge in [-0.15, -0.1) is 0 Å². The predicted octanol–water partition coefficient (Wildman–Crippen LogP) is 2.21. The number of para-hydroxylation sites is 1. The van der Waals surface area contributed by atoms with E-state index in [1.54, 1.807) is 0 Å². The number of aromatic nitrogens is 3. The fourth-order valence-corrected chi connectivity index (χ4v) is 5.62. The van der Waals surface area contributed by atoms with Gasteiger partial charge in [0, 0.05) is 48.7 Å². The third-order valence-corrected chi connectivity index (χ3v) is 7.49. The molecule has 166 valence electrons.